The second-order valence-electron chi connectivity index (χ2n) is 4.43. The average molecular weight is 246 g/mol. The van der Waals surface area contributed by atoms with E-state index in [0.29, 0.717) is 0 Å². The Bertz CT molecular complexity index is 539. The summed E-state index contributed by atoms with van der Waals surface area (Å²) >= 11 is 0. The molecule has 0 fully saturated rings. The summed E-state index contributed by atoms with van der Waals surface area (Å²) in [5.74, 6) is 1.02. The quantitative estimate of drug-likeness (QED) is 0.859. The first-order chi connectivity index (χ1) is 8.47. The van der Waals surface area contributed by atoms with Crippen LogP contribution in [0.2, 0.25) is 0 Å². The SMILES string of the molecule is Cc1cc(NC(C)c2cnn(C)c2C)nc(N)n1. The second kappa shape index (κ2) is 4.64. The molecule has 0 aliphatic carbocycles. The van der Waals surface area contributed by atoms with Crippen molar-refractivity contribution in [1.82, 2.24) is 19.7 Å². The first-order valence-electron chi connectivity index (χ1n) is 5.83. The van der Waals surface area contributed by atoms with E-state index in [0.717, 1.165) is 22.8 Å². The topological polar surface area (TPSA) is 81.7 Å². The lowest BCUT2D eigenvalue weighted by atomic mass is 10.1. The number of hydrogen-bond donors (Lipinski definition) is 2. The highest BCUT2D eigenvalue weighted by atomic mass is 15.3. The number of aryl methyl sites for hydroxylation is 2. The van der Waals surface area contributed by atoms with E-state index in [1.165, 1.54) is 0 Å². The van der Waals surface area contributed by atoms with E-state index in [4.69, 9.17) is 5.73 Å². The Kier molecular flexibility index (Phi) is 3.18. The highest BCUT2D eigenvalue weighted by molar-refractivity contribution is 5.42. The molecule has 0 bridgehead atoms. The number of nitrogens with one attached hydrogen (secondary N) is 1. The normalized spacial score (nSPS) is 12.4. The van der Waals surface area contributed by atoms with E-state index in [1.54, 1.807) is 0 Å². The molecule has 96 valence electrons. The highest BCUT2D eigenvalue weighted by Crippen LogP contribution is 2.21. The van der Waals surface area contributed by atoms with Gasteiger partial charge in [0.05, 0.1) is 12.2 Å². The molecule has 0 radical (unpaired) electrons. The molecule has 2 aromatic heterocycles. The van der Waals surface area contributed by atoms with Gasteiger partial charge in [-0.2, -0.15) is 10.1 Å². The van der Waals surface area contributed by atoms with Crippen LogP contribution in [0.3, 0.4) is 0 Å². The van der Waals surface area contributed by atoms with Crippen molar-refractivity contribution < 1.29 is 0 Å². The van der Waals surface area contributed by atoms with Crippen molar-refractivity contribution in [3.8, 4) is 0 Å². The van der Waals surface area contributed by atoms with Crippen molar-refractivity contribution in [1.29, 1.82) is 0 Å². The highest BCUT2D eigenvalue weighted by Gasteiger charge is 2.12. The Labute approximate surface area is 106 Å². The molecule has 0 spiro atoms. The summed E-state index contributed by atoms with van der Waals surface area (Å²) < 4.78 is 1.85. The molecule has 0 aliphatic rings. The summed E-state index contributed by atoms with van der Waals surface area (Å²) in [7, 11) is 1.93. The van der Waals surface area contributed by atoms with Crippen LogP contribution in [0.4, 0.5) is 11.8 Å². The van der Waals surface area contributed by atoms with Crippen LogP contribution in [0.1, 0.15) is 29.9 Å². The molecule has 6 heteroatoms. The molecule has 1 unspecified atom stereocenters. The molecule has 0 aliphatic heterocycles. The standard InChI is InChI=1S/C12H18N6/c1-7-5-11(17-12(13)15-7)16-8(2)10-6-14-18(4)9(10)3/h5-6,8H,1-4H3,(H3,13,15,16,17). The van der Waals surface area contributed by atoms with Crippen LogP contribution in [-0.2, 0) is 7.05 Å². The lowest BCUT2D eigenvalue weighted by molar-refractivity contribution is 0.734. The van der Waals surface area contributed by atoms with Crippen molar-refractivity contribution in [3.63, 3.8) is 0 Å². The molecule has 2 aromatic rings. The van der Waals surface area contributed by atoms with Gasteiger partial charge in [0.15, 0.2) is 0 Å². The summed E-state index contributed by atoms with van der Waals surface area (Å²) in [4.78, 5) is 8.21. The van der Waals surface area contributed by atoms with Crippen LogP contribution in [-0.4, -0.2) is 19.7 Å². The third kappa shape index (κ3) is 2.42. The number of anilines is 2. The van der Waals surface area contributed by atoms with E-state index in [-0.39, 0.29) is 12.0 Å². The largest absolute Gasteiger partial charge is 0.368 e. The van der Waals surface area contributed by atoms with E-state index in [9.17, 15) is 0 Å². The van der Waals surface area contributed by atoms with Gasteiger partial charge >= 0.3 is 0 Å². The Balaban J connectivity index is 2.21. The minimum Gasteiger partial charge on any atom is -0.368 e. The second-order valence-corrected chi connectivity index (χ2v) is 4.43. The van der Waals surface area contributed by atoms with Crippen molar-refractivity contribution in [2.24, 2.45) is 7.05 Å². The van der Waals surface area contributed by atoms with Gasteiger partial charge in [0.1, 0.15) is 5.82 Å². The van der Waals surface area contributed by atoms with Gasteiger partial charge in [-0.05, 0) is 20.8 Å². The minimum atomic E-state index is 0.118. The summed E-state index contributed by atoms with van der Waals surface area (Å²) in [6.45, 7) is 6.00. The van der Waals surface area contributed by atoms with Crippen molar-refractivity contribution in [3.05, 3.63) is 29.2 Å². The summed E-state index contributed by atoms with van der Waals surface area (Å²) in [5, 5.41) is 7.54. The number of nitrogen functional groups attached to an aromatic ring is 1. The zero-order valence-corrected chi connectivity index (χ0v) is 11.1. The minimum absolute atomic E-state index is 0.118. The molecule has 0 amide bonds. The van der Waals surface area contributed by atoms with Crippen LogP contribution < -0.4 is 11.1 Å². The Morgan fingerprint density at radius 3 is 2.61 bits per heavy atom. The van der Waals surface area contributed by atoms with E-state index in [1.807, 2.05) is 37.8 Å². The molecule has 2 heterocycles. The number of rotatable bonds is 3. The fourth-order valence-corrected chi connectivity index (χ4v) is 1.91. The maximum atomic E-state index is 5.63. The zero-order chi connectivity index (χ0) is 13.3. The first-order valence-corrected chi connectivity index (χ1v) is 5.83. The molecule has 18 heavy (non-hydrogen) atoms. The predicted molar refractivity (Wildman–Crippen MR) is 71.2 cm³/mol. The van der Waals surface area contributed by atoms with Crippen molar-refractivity contribution in [2.45, 2.75) is 26.8 Å². The Morgan fingerprint density at radius 2 is 2.06 bits per heavy atom. The van der Waals surface area contributed by atoms with Crippen molar-refractivity contribution in [2.75, 3.05) is 11.1 Å². The van der Waals surface area contributed by atoms with Crippen LogP contribution in [0, 0.1) is 13.8 Å². The predicted octanol–water partition coefficient (Wildman–Crippen LogP) is 1.58. The molecular weight excluding hydrogens is 228 g/mol. The third-order valence-electron chi connectivity index (χ3n) is 2.98. The fraction of sp³-hybridized carbons (Fsp3) is 0.417. The van der Waals surface area contributed by atoms with Gasteiger partial charge in [-0.15, -0.1) is 0 Å². The van der Waals surface area contributed by atoms with Crippen LogP contribution in [0.25, 0.3) is 0 Å². The van der Waals surface area contributed by atoms with Gasteiger partial charge in [0.25, 0.3) is 0 Å². The lowest BCUT2D eigenvalue weighted by Crippen LogP contribution is -2.10. The summed E-state index contributed by atoms with van der Waals surface area (Å²) in [6, 6.07) is 1.99. The van der Waals surface area contributed by atoms with Gasteiger partial charge in [0.2, 0.25) is 5.95 Å². The molecular formula is C12H18N6. The molecule has 6 nitrogen and oxygen atoms in total. The third-order valence-corrected chi connectivity index (χ3v) is 2.98. The van der Waals surface area contributed by atoms with Gasteiger partial charge in [-0.1, -0.05) is 0 Å². The Morgan fingerprint density at radius 1 is 1.33 bits per heavy atom. The van der Waals surface area contributed by atoms with Gasteiger partial charge in [0, 0.05) is 30.1 Å². The lowest BCUT2D eigenvalue weighted by Gasteiger charge is -2.14. The van der Waals surface area contributed by atoms with Crippen LogP contribution in [0.5, 0.6) is 0 Å². The monoisotopic (exact) mass is 246 g/mol. The summed E-state index contributed by atoms with van der Waals surface area (Å²) in [5.41, 5.74) is 8.76. The van der Waals surface area contributed by atoms with Gasteiger partial charge in [-0.25, -0.2) is 4.98 Å². The van der Waals surface area contributed by atoms with Crippen LogP contribution >= 0.6 is 0 Å². The van der Waals surface area contributed by atoms with E-state index >= 15 is 0 Å². The van der Waals surface area contributed by atoms with E-state index < -0.39 is 0 Å². The smallest absolute Gasteiger partial charge is 0.222 e. The molecule has 2 rings (SSSR count). The van der Waals surface area contributed by atoms with Gasteiger partial charge in [-0.3, -0.25) is 4.68 Å². The number of hydrogen-bond acceptors (Lipinski definition) is 5. The number of nitrogens with two attached hydrogens (primary N) is 1. The summed E-state index contributed by atoms with van der Waals surface area (Å²) in [6.07, 6.45) is 1.87. The van der Waals surface area contributed by atoms with E-state index in [2.05, 4.69) is 27.3 Å². The van der Waals surface area contributed by atoms with Crippen molar-refractivity contribution >= 4 is 11.8 Å². The maximum Gasteiger partial charge on any atom is 0.222 e. The number of aromatic nitrogens is 4. The molecule has 0 aromatic carbocycles. The molecule has 1 atom stereocenters. The van der Waals surface area contributed by atoms with Crippen LogP contribution in [0.15, 0.2) is 12.3 Å². The molecule has 0 saturated carbocycles. The maximum absolute atomic E-state index is 5.63. The Hall–Kier alpha value is -2.11. The molecule has 0 saturated heterocycles. The first kappa shape index (κ1) is 12.3. The number of nitrogens with zero attached hydrogens (tertiary/aromatic N) is 4. The zero-order valence-electron chi connectivity index (χ0n) is 11.1. The average Bonchev–Trinajstić information content (AvgIpc) is 2.58. The molecule has 3 N–H and O–H groups in total. The fourth-order valence-electron chi connectivity index (χ4n) is 1.91. The van der Waals surface area contributed by atoms with Gasteiger partial charge < -0.3 is 11.1 Å².